The summed E-state index contributed by atoms with van der Waals surface area (Å²) >= 11 is 0. The van der Waals surface area contributed by atoms with Crippen LogP contribution in [0.3, 0.4) is 0 Å². The van der Waals surface area contributed by atoms with Gasteiger partial charge >= 0.3 is 0 Å². The summed E-state index contributed by atoms with van der Waals surface area (Å²) in [5, 5.41) is 2.92. The normalized spacial score (nSPS) is 13.2. The lowest BCUT2D eigenvalue weighted by Gasteiger charge is -2.20. The molecule has 0 saturated heterocycles. The van der Waals surface area contributed by atoms with Gasteiger partial charge in [0.25, 0.3) is 0 Å². The number of carbonyl (C=O) groups excluding carboxylic acids is 1. The Bertz CT molecular complexity index is 390. The minimum Gasteiger partial charge on any atom is -0.366 e. The number of amides is 1. The zero-order valence-electron chi connectivity index (χ0n) is 11.9. The summed E-state index contributed by atoms with van der Waals surface area (Å²) in [6.07, 6.45) is 0. The molecule has 0 heterocycles. The predicted octanol–water partition coefficient (Wildman–Crippen LogP) is 2.99. The third kappa shape index (κ3) is 5.32. The molecule has 0 fully saturated rings. The van der Waals surface area contributed by atoms with Gasteiger partial charge in [0.15, 0.2) is 0 Å². The molecular weight excluding hydrogens is 226 g/mol. The van der Waals surface area contributed by atoms with Crippen LogP contribution in [0.25, 0.3) is 0 Å². The molecule has 0 unspecified atom stereocenters. The molecule has 0 saturated carbocycles. The van der Waals surface area contributed by atoms with Crippen molar-refractivity contribution in [3.63, 3.8) is 0 Å². The maximum absolute atomic E-state index is 11.7. The Morgan fingerprint density at radius 1 is 1.28 bits per heavy atom. The third-order valence-corrected chi connectivity index (χ3v) is 2.59. The summed E-state index contributed by atoms with van der Waals surface area (Å²) in [7, 11) is 0. The molecule has 100 valence electrons. The van der Waals surface area contributed by atoms with Gasteiger partial charge in [0, 0.05) is 0 Å². The SMILES string of the molecule is Cc1ccc([C@@H](C)NC(=O)COC(C)(C)C)cc1. The first-order chi connectivity index (χ1) is 8.28. The van der Waals surface area contributed by atoms with Gasteiger partial charge in [-0.25, -0.2) is 0 Å². The average Bonchev–Trinajstić information content (AvgIpc) is 2.26. The summed E-state index contributed by atoms with van der Waals surface area (Å²) in [5.74, 6) is -0.0852. The number of ether oxygens (including phenoxy) is 1. The maximum Gasteiger partial charge on any atom is 0.246 e. The summed E-state index contributed by atoms with van der Waals surface area (Å²) in [5.41, 5.74) is 2.03. The molecule has 0 bridgehead atoms. The van der Waals surface area contributed by atoms with Gasteiger partial charge in [0.2, 0.25) is 5.91 Å². The van der Waals surface area contributed by atoms with E-state index < -0.39 is 0 Å². The lowest BCUT2D eigenvalue weighted by Crippen LogP contribution is -2.33. The van der Waals surface area contributed by atoms with Crippen molar-refractivity contribution in [1.82, 2.24) is 5.32 Å². The quantitative estimate of drug-likeness (QED) is 0.891. The molecule has 0 aromatic heterocycles. The molecule has 0 spiro atoms. The Morgan fingerprint density at radius 2 is 1.83 bits per heavy atom. The zero-order chi connectivity index (χ0) is 13.8. The van der Waals surface area contributed by atoms with E-state index in [9.17, 15) is 4.79 Å². The van der Waals surface area contributed by atoms with Gasteiger partial charge in [-0.05, 0) is 40.2 Å². The van der Waals surface area contributed by atoms with Crippen molar-refractivity contribution in [3.05, 3.63) is 35.4 Å². The van der Waals surface area contributed by atoms with Crippen LogP contribution in [0.15, 0.2) is 24.3 Å². The van der Waals surface area contributed by atoms with Gasteiger partial charge < -0.3 is 10.1 Å². The molecule has 1 N–H and O–H groups in total. The third-order valence-electron chi connectivity index (χ3n) is 2.59. The Hall–Kier alpha value is -1.35. The van der Waals surface area contributed by atoms with Crippen LogP contribution < -0.4 is 5.32 Å². The molecule has 0 aliphatic carbocycles. The van der Waals surface area contributed by atoms with Crippen molar-refractivity contribution in [1.29, 1.82) is 0 Å². The highest BCUT2D eigenvalue weighted by Crippen LogP contribution is 2.13. The number of nitrogens with one attached hydrogen (secondary N) is 1. The van der Waals surface area contributed by atoms with E-state index >= 15 is 0 Å². The van der Waals surface area contributed by atoms with Crippen LogP contribution in [0.4, 0.5) is 0 Å². The first-order valence-electron chi connectivity index (χ1n) is 6.28. The number of hydrogen-bond donors (Lipinski definition) is 1. The highest BCUT2D eigenvalue weighted by Gasteiger charge is 2.14. The Morgan fingerprint density at radius 3 is 2.33 bits per heavy atom. The minimum atomic E-state index is -0.287. The molecular formula is C15H23NO2. The second-order valence-electron chi connectivity index (χ2n) is 5.60. The first kappa shape index (κ1) is 14.7. The van der Waals surface area contributed by atoms with E-state index in [1.165, 1.54) is 5.56 Å². The van der Waals surface area contributed by atoms with Gasteiger partial charge in [-0.15, -0.1) is 0 Å². The van der Waals surface area contributed by atoms with Crippen molar-refractivity contribution in [2.24, 2.45) is 0 Å². The van der Waals surface area contributed by atoms with Crippen molar-refractivity contribution in [2.45, 2.75) is 46.3 Å². The molecule has 3 heteroatoms. The monoisotopic (exact) mass is 249 g/mol. The van der Waals surface area contributed by atoms with E-state index in [0.29, 0.717) is 0 Å². The first-order valence-corrected chi connectivity index (χ1v) is 6.28. The predicted molar refractivity (Wildman–Crippen MR) is 73.4 cm³/mol. The topological polar surface area (TPSA) is 38.3 Å². The van der Waals surface area contributed by atoms with Gasteiger partial charge in [0.05, 0.1) is 11.6 Å². The summed E-state index contributed by atoms with van der Waals surface area (Å²) in [6.45, 7) is 9.92. The second kappa shape index (κ2) is 6.01. The van der Waals surface area contributed by atoms with E-state index in [4.69, 9.17) is 4.74 Å². The molecule has 0 radical (unpaired) electrons. The maximum atomic E-state index is 11.7. The molecule has 1 aromatic carbocycles. The van der Waals surface area contributed by atoms with E-state index in [0.717, 1.165) is 5.56 Å². The van der Waals surface area contributed by atoms with Crippen LogP contribution >= 0.6 is 0 Å². The fourth-order valence-electron chi connectivity index (χ4n) is 1.50. The molecule has 0 aliphatic heterocycles. The van der Waals surface area contributed by atoms with Crippen LogP contribution in [-0.2, 0) is 9.53 Å². The summed E-state index contributed by atoms with van der Waals surface area (Å²) < 4.78 is 5.43. The summed E-state index contributed by atoms with van der Waals surface area (Å²) in [4.78, 5) is 11.7. The second-order valence-corrected chi connectivity index (χ2v) is 5.60. The van der Waals surface area contributed by atoms with Crippen LogP contribution in [-0.4, -0.2) is 18.1 Å². The molecule has 0 aliphatic rings. The minimum absolute atomic E-state index is 0.00154. The van der Waals surface area contributed by atoms with Gasteiger partial charge in [-0.3, -0.25) is 4.79 Å². The van der Waals surface area contributed by atoms with E-state index in [1.807, 2.05) is 58.9 Å². The molecule has 3 nitrogen and oxygen atoms in total. The highest BCUT2D eigenvalue weighted by atomic mass is 16.5. The van der Waals surface area contributed by atoms with Crippen molar-refractivity contribution in [2.75, 3.05) is 6.61 Å². The van der Waals surface area contributed by atoms with Gasteiger partial charge in [0.1, 0.15) is 6.61 Å². The van der Waals surface area contributed by atoms with Crippen LogP contribution in [0.1, 0.15) is 44.9 Å². The van der Waals surface area contributed by atoms with Crippen molar-refractivity contribution < 1.29 is 9.53 Å². The fraction of sp³-hybridized carbons (Fsp3) is 0.533. The summed E-state index contributed by atoms with van der Waals surface area (Å²) in [6, 6.07) is 8.16. The zero-order valence-corrected chi connectivity index (χ0v) is 11.9. The highest BCUT2D eigenvalue weighted by molar-refractivity contribution is 5.77. The number of rotatable bonds is 4. The number of hydrogen-bond acceptors (Lipinski definition) is 2. The van der Waals surface area contributed by atoms with E-state index in [-0.39, 0.29) is 24.2 Å². The molecule has 18 heavy (non-hydrogen) atoms. The Kier molecular flexibility index (Phi) is 4.91. The molecule has 1 atom stereocenters. The number of aryl methyl sites for hydroxylation is 1. The van der Waals surface area contributed by atoms with Crippen LogP contribution in [0, 0.1) is 6.92 Å². The molecule has 1 rings (SSSR count). The molecule has 1 amide bonds. The van der Waals surface area contributed by atoms with E-state index in [2.05, 4.69) is 5.32 Å². The fourth-order valence-corrected chi connectivity index (χ4v) is 1.50. The van der Waals surface area contributed by atoms with Crippen molar-refractivity contribution >= 4 is 5.91 Å². The Labute approximate surface area is 110 Å². The van der Waals surface area contributed by atoms with Crippen LogP contribution in [0.2, 0.25) is 0 Å². The Balaban J connectivity index is 2.47. The largest absolute Gasteiger partial charge is 0.366 e. The van der Waals surface area contributed by atoms with Crippen LogP contribution in [0.5, 0.6) is 0 Å². The smallest absolute Gasteiger partial charge is 0.246 e. The number of carbonyl (C=O) groups is 1. The van der Waals surface area contributed by atoms with Gasteiger partial charge in [-0.2, -0.15) is 0 Å². The molecule has 1 aromatic rings. The lowest BCUT2D eigenvalue weighted by atomic mass is 10.1. The standard InChI is InChI=1S/C15H23NO2/c1-11-6-8-13(9-7-11)12(2)16-14(17)10-18-15(3,4)5/h6-9,12H,10H2,1-5H3,(H,16,17)/t12-/m1/s1. The van der Waals surface area contributed by atoms with Gasteiger partial charge in [-0.1, -0.05) is 29.8 Å². The van der Waals surface area contributed by atoms with E-state index in [1.54, 1.807) is 0 Å². The lowest BCUT2D eigenvalue weighted by molar-refractivity contribution is -0.131. The average molecular weight is 249 g/mol. The van der Waals surface area contributed by atoms with Crippen molar-refractivity contribution in [3.8, 4) is 0 Å². The number of benzene rings is 1.